The lowest BCUT2D eigenvalue weighted by Crippen LogP contribution is -2.23. The fourth-order valence-electron chi connectivity index (χ4n) is 4.54. The van der Waals surface area contributed by atoms with E-state index in [1.807, 2.05) is 42.7 Å². The maximum atomic E-state index is 6.05. The highest BCUT2D eigenvalue weighted by atomic mass is 35.5. The Labute approximate surface area is 183 Å². The van der Waals surface area contributed by atoms with Crippen LogP contribution < -0.4 is 10.2 Å². The maximum absolute atomic E-state index is 6.05. The Bertz CT molecular complexity index is 1190. The number of aromatic amines is 2. The van der Waals surface area contributed by atoms with Crippen molar-refractivity contribution in [1.29, 1.82) is 0 Å². The molecule has 4 heterocycles. The van der Waals surface area contributed by atoms with E-state index in [0.29, 0.717) is 35.3 Å². The number of hydrogen-bond donors (Lipinski definition) is 3. The quantitative estimate of drug-likeness (QED) is 0.428. The molecule has 0 amide bonds. The molecule has 4 aromatic rings. The molecule has 0 bridgehead atoms. The molecule has 1 saturated carbocycles. The molecule has 9 nitrogen and oxygen atoms in total. The molecule has 3 N–H and O–H groups in total. The van der Waals surface area contributed by atoms with E-state index in [1.165, 1.54) is 0 Å². The maximum Gasteiger partial charge on any atom is 0.223 e. The van der Waals surface area contributed by atoms with Crippen molar-refractivity contribution >= 4 is 23.4 Å². The van der Waals surface area contributed by atoms with E-state index in [0.717, 1.165) is 41.7 Å². The first-order valence-corrected chi connectivity index (χ1v) is 10.6. The van der Waals surface area contributed by atoms with Crippen molar-refractivity contribution < 1.29 is 0 Å². The number of hydrogen-bond acceptors (Lipinski definition) is 7. The Morgan fingerprint density at radius 3 is 2.84 bits per heavy atom. The van der Waals surface area contributed by atoms with Crippen molar-refractivity contribution in [3.8, 4) is 11.5 Å². The van der Waals surface area contributed by atoms with Gasteiger partial charge in [-0.05, 0) is 35.6 Å². The molecule has 6 rings (SSSR count). The number of nitrogens with zero attached hydrogens (tertiary/aromatic N) is 6. The first-order valence-electron chi connectivity index (χ1n) is 10.2. The average molecular weight is 434 g/mol. The zero-order chi connectivity index (χ0) is 20.8. The van der Waals surface area contributed by atoms with Gasteiger partial charge in [-0.15, -0.1) is 0 Å². The number of imidazole rings is 1. The van der Waals surface area contributed by atoms with E-state index in [4.69, 9.17) is 11.6 Å². The van der Waals surface area contributed by atoms with Crippen molar-refractivity contribution in [3.63, 3.8) is 0 Å². The molecule has 3 aromatic heterocycles. The van der Waals surface area contributed by atoms with E-state index in [2.05, 4.69) is 45.6 Å². The number of rotatable bonds is 6. The zero-order valence-electron chi connectivity index (χ0n) is 16.5. The van der Waals surface area contributed by atoms with Crippen molar-refractivity contribution in [2.75, 3.05) is 23.3 Å². The minimum atomic E-state index is 0.535. The Balaban J connectivity index is 1.12. The van der Waals surface area contributed by atoms with Crippen LogP contribution in [-0.4, -0.2) is 48.4 Å². The van der Waals surface area contributed by atoms with Crippen molar-refractivity contribution in [2.45, 2.75) is 12.5 Å². The number of anilines is 2. The van der Waals surface area contributed by atoms with Crippen LogP contribution in [0.4, 0.5) is 11.8 Å². The third-order valence-electron chi connectivity index (χ3n) is 6.11. The minimum absolute atomic E-state index is 0.535. The lowest BCUT2D eigenvalue weighted by Gasteiger charge is -2.19. The molecular weight excluding hydrogens is 414 g/mol. The van der Waals surface area contributed by atoms with Gasteiger partial charge in [0.15, 0.2) is 5.82 Å². The van der Waals surface area contributed by atoms with Crippen LogP contribution >= 0.6 is 11.6 Å². The molecule has 2 unspecified atom stereocenters. The van der Waals surface area contributed by atoms with Gasteiger partial charge >= 0.3 is 0 Å². The Morgan fingerprint density at radius 1 is 1.13 bits per heavy atom. The number of nitrogens with one attached hydrogen (secondary N) is 3. The minimum Gasteiger partial charge on any atom is -0.356 e. The standard InChI is InChI=1S/C21H20ClN9/c22-13-3-1-2-12(6-13)7-25-21-23-5-4-16(27-21)20-24-9-18(28-20)31-10-14-15(11-31)19(14)17-8-26-30-29-17/h1-6,8-9,14-15,19H,7,10-11H2,(H,24,28)(H,23,25,27)(H,26,29,30). The number of piperidine rings is 1. The molecule has 1 aliphatic heterocycles. The lowest BCUT2D eigenvalue weighted by molar-refractivity contribution is 0.729. The fourth-order valence-corrected chi connectivity index (χ4v) is 4.75. The first-order chi connectivity index (χ1) is 15.2. The molecule has 10 heteroatoms. The van der Waals surface area contributed by atoms with Crippen molar-refractivity contribution in [1.82, 2.24) is 35.3 Å². The van der Waals surface area contributed by atoms with Gasteiger partial charge in [-0.3, -0.25) is 0 Å². The number of H-pyrrole nitrogens is 2. The second kappa shape index (κ2) is 7.35. The summed E-state index contributed by atoms with van der Waals surface area (Å²) >= 11 is 6.05. The van der Waals surface area contributed by atoms with Crippen molar-refractivity contribution in [3.05, 3.63) is 65.2 Å². The molecule has 31 heavy (non-hydrogen) atoms. The molecule has 2 aliphatic rings. The summed E-state index contributed by atoms with van der Waals surface area (Å²) in [5.74, 6) is 4.11. The Morgan fingerprint density at radius 2 is 2.03 bits per heavy atom. The van der Waals surface area contributed by atoms with E-state index < -0.39 is 0 Å². The molecule has 2 fully saturated rings. The smallest absolute Gasteiger partial charge is 0.223 e. The van der Waals surface area contributed by atoms with E-state index in [-0.39, 0.29) is 0 Å². The van der Waals surface area contributed by atoms with Crippen LogP contribution in [0, 0.1) is 11.8 Å². The predicted molar refractivity (Wildman–Crippen MR) is 117 cm³/mol. The van der Waals surface area contributed by atoms with Crippen LogP contribution in [0.25, 0.3) is 11.5 Å². The van der Waals surface area contributed by atoms with Gasteiger partial charge in [0.1, 0.15) is 11.5 Å². The number of aromatic nitrogens is 7. The summed E-state index contributed by atoms with van der Waals surface area (Å²) in [4.78, 5) is 19.2. The van der Waals surface area contributed by atoms with Crippen LogP contribution in [0.2, 0.25) is 5.02 Å². The summed E-state index contributed by atoms with van der Waals surface area (Å²) in [6.07, 6.45) is 5.46. The Kier molecular flexibility index (Phi) is 4.34. The van der Waals surface area contributed by atoms with Gasteiger partial charge in [0.25, 0.3) is 0 Å². The summed E-state index contributed by atoms with van der Waals surface area (Å²) in [7, 11) is 0. The topological polar surface area (TPSA) is 111 Å². The summed E-state index contributed by atoms with van der Waals surface area (Å²) in [5, 5.41) is 14.9. The van der Waals surface area contributed by atoms with Gasteiger partial charge in [0.05, 0.1) is 18.1 Å². The van der Waals surface area contributed by atoms with Crippen LogP contribution in [-0.2, 0) is 6.54 Å². The first kappa shape index (κ1) is 18.3. The SMILES string of the molecule is Clc1cccc(CNc2nccc(-c3ncc(N4CC5C(C4)C5c4cn[nH]n4)[nH]3)n2)c1. The molecule has 0 radical (unpaired) electrons. The number of benzene rings is 1. The third-order valence-corrected chi connectivity index (χ3v) is 6.35. The van der Waals surface area contributed by atoms with Crippen LogP contribution in [0.3, 0.4) is 0 Å². The fraction of sp³-hybridized carbons (Fsp3) is 0.286. The second-order valence-corrected chi connectivity index (χ2v) is 8.46. The normalized spacial score (nSPS) is 21.8. The van der Waals surface area contributed by atoms with Gasteiger partial charge < -0.3 is 15.2 Å². The molecule has 0 spiro atoms. The molecule has 1 aromatic carbocycles. The third kappa shape index (κ3) is 3.50. The summed E-state index contributed by atoms with van der Waals surface area (Å²) in [6.45, 7) is 2.59. The Hall–Kier alpha value is -3.46. The monoisotopic (exact) mass is 433 g/mol. The highest BCUT2D eigenvalue weighted by Crippen LogP contribution is 2.57. The van der Waals surface area contributed by atoms with Crippen molar-refractivity contribution in [2.24, 2.45) is 11.8 Å². The summed E-state index contributed by atoms with van der Waals surface area (Å²) < 4.78 is 0. The van der Waals surface area contributed by atoms with Gasteiger partial charge in [0.2, 0.25) is 5.95 Å². The molecule has 1 aliphatic carbocycles. The van der Waals surface area contributed by atoms with Gasteiger partial charge in [-0.25, -0.2) is 15.0 Å². The number of fused-ring (bicyclic) bond motifs is 1. The number of halogens is 1. The predicted octanol–water partition coefficient (Wildman–Crippen LogP) is 3.10. The molecule has 1 saturated heterocycles. The largest absolute Gasteiger partial charge is 0.356 e. The average Bonchev–Trinajstić information content (AvgIpc) is 3.32. The molecular formula is C21H20ClN9. The highest BCUT2D eigenvalue weighted by molar-refractivity contribution is 6.30. The van der Waals surface area contributed by atoms with Gasteiger partial charge in [-0.2, -0.15) is 15.4 Å². The van der Waals surface area contributed by atoms with Crippen LogP contribution in [0.5, 0.6) is 0 Å². The van der Waals surface area contributed by atoms with Crippen LogP contribution in [0.1, 0.15) is 17.2 Å². The summed E-state index contributed by atoms with van der Waals surface area (Å²) in [6, 6.07) is 9.57. The zero-order valence-corrected chi connectivity index (χ0v) is 17.3. The second-order valence-electron chi connectivity index (χ2n) is 8.02. The van der Waals surface area contributed by atoms with Gasteiger partial charge in [0, 0.05) is 36.8 Å². The van der Waals surface area contributed by atoms with Gasteiger partial charge in [-0.1, -0.05) is 23.7 Å². The van der Waals surface area contributed by atoms with E-state index in [1.54, 1.807) is 6.20 Å². The van der Waals surface area contributed by atoms with Crippen LogP contribution in [0.15, 0.2) is 48.9 Å². The van der Waals surface area contributed by atoms with E-state index >= 15 is 0 Å². The molecule has 156 valence electrons. The summed E-state index contributed by atoms with van der Waals surface area (Å²) in [5.41, 5.74) is 2.90. The van der Waals surface area contributed by atoms with E-state index in [9.17, 15) is 0 Å². The lowest BCUT2D eigenvalue weighted by atomic mass is 10.2. The molecule has 2 atom stereocenters. The highest BCUT2D eigenvalue weighted by Gasteiger charge is 2.57.